The second-order valence-electron chi connectivity index (χ2n) is 5.36. The van der Waals surface area contributed by atoms with Crippen molar-refractivity contribution in [3.8, 4) is 0 Å². The molecule has 0 radical (unpaired) electrons. The first-order chi connectivity index (χ1) is 8.59. The van der Waals surface area contributed by atoms with Crippen molar-refractivity contribution in [3.63, 3.8) is 0 Å². The Morgan fingerprint density at radius 2 is 2.06 bits per heavy atom. The van der Waals surface area contributed by atoms with E-state index in [0.29, 0.717) is 17.8 Å². The SMILES string of the molecule is CCC(C)(OC)c1noc(C2CCC(N)CC2)n1. The van der Waals surface area contributed by atoms with Gasteiger partial charge in [-0.05, 0) is 39.0 Å². The molecule has 1 aliphatic carbocycles. The lowest BCUT2D eigenvalue weighted by atomic mass is 9.86. The number of rotatable bonds is 4. The fourth-order valence-electron chi connectivity index (χ4n) is 2.38. The monoisotopic (exact) mass is 253 g/mol. The van der Waals surface area contributed by atoms with Gasteiger partial charge in [0.1, 0.15) is 5.60 Å². The highest BCUT2D eigenvalue weighted by atomic mass is 16.5. The molecule has 1 aromatic heterocycles. The maximum absolute atomic E-state index is 5.91. The summed E-state index contributed by atoms with van der Waals surface area (Å²) in [5.41, 5.74) is 5.45. The molecule has 1 heterocycles. The van der Waals surface area contributed by atoms with Gasteiger partial charge in [0, 0.05) is 19.1 Å². The highest BCUT2D eigenvalue weighted by Crippen LogP contribution is 2.33. The number of nitrogens with two attached hydrogens (primary N) is 1. The maximum atomic E-state index is 5.91. The zero-order valence-electron chi connectivity index (χ0n) is 11.5. The molecular weight excluding hydrogens is 230 g/mol. The summed E-state index contributed by atoms with van der Waals surface area (Å²) in [7, 11) is 1.68. The first-order valence-electron chi connectivity index (χ1n) is 6.74. The molecule has 1 unspecified atom stereocenters. The number of hydrogen-bond acceptors (Lipinski definition) is 5. The van der Waals surface area contributed by atoms with Crippen LogP contribution in [0.25, 0.3) is 0 Å². The van der Waals surface area contributed by atoms with Crippen LogP contribution in [-0.4, -0.2) is 23.3 Å². The number of ether oxygens (including phenoxy) is 1. The molecule has 1 atom stereocenters. The number of methoxy groups -OCH3 is 1. The quantitative estimate of drug-likeness (QED) is 0.891. The van der Waals surface area contributed by atoms with Crippen molar-refractivity contribution >= 4 is 0 Å². The predicted octanol–water partition coefficient (Wildman–Crippen LogP) is 2.33. The van der Waals surface area contributed by atoms with Crippen molar-refractivity contribution in [2.45, 2.75) is 63.5 Å². The van der Waals surface area contributed by atoms with Gasteiger partial charge in [-0.3, -0.25) is 0 Å². The smallest absolute Gasteiger partial charge is 0.229 e. The number of nitrogens with zero attached hydrogens (tertiary/aromatic N) is 2. The van der Waals surface area contributed by atoms with Gasteiger partial charge in [0.15, 0.2) is 0 Å². The van der Waals surface area contributed by atoms with E-state index in [1.165, 1.54) is 0 Å². The van der Waals surface area contributed by atoms with Crippen LogP contribution < -0.4 is 5.73 Å². The molecule has 0 spiro atoms. The van der Waals surface area contributed by atoms with Gasteiger partial charge in [-0.2, -0.15) is 4.98 Å². The minimum absolute atomic E-state index is 0.337. The van der Waals surface area contributed by atoms with Crippen molar-refractivity contribution in [3.05, 3.63) is 11.7 Å². The molecule has 18 heavy (non-hydrogen) atoms. The van der Waals surface area contributed by atoms with E-state index >= 15 is 0 Å². The standard InChI is InChI=1S/C13H23N3O2/c1-4-13(2,17-3)12-15-11(18-16-12)9-5-7-10(14)8-6-9/h9-10H,4-8,14H2,1-3H3. The number of hydrogen-bond donors (Lipinski definition) is 1. The molecule has 1 aromatic rings. The summed E-state index contributed by atoms with van der Waals surface area (Å²) in [4.78, 5) is 4.53. The third-order valence-electron chi connectivity index (χ3n) is 4.16. The van der Waals surface area contributed by atoms with E-state index in [4.69, 9.17) is 15.0 Å². The first kappa shape index (κ1) is 13.5. The van der Waals surface area contributed by atoms with Crippen molar-refractivity contribution in [2.24, 2.45) is 5.73 Å². The van der Waals surface area contributed by atoms with Crippen LogP contribution in [0, 0.1) is 0 Å². The largest absolute Gasteiger partial charge is 0.370 e. The molecule has 5 heteroatoms. The molecule has 0 bridgehead atoms. The molecular formula is C13H23N3O2. The molecule has 2 N–H and O–H groups in total. The zero-order valence-corrected chi connectivity index (χ0v) is 11.5. The van der Waals surface area contributed by atoms with Crippen LogP contribution in [-0.2, 0) is 10.3 Å². The fraction of sp³-hybridized carbons (Fsp3) is 0.846. The summed E-state index contributed by atoms with van der Waals surface area (Å²) in [6.45, 7) is 4.04. The Bertz CT molecular complexity index is 379. The van der Waals surface area contributed by atoms with E-state index in [9.17, 15) is 0 Å². The average Bonchev–Trinajstić information content (AvgIpc) is 2.89. The minimum atomic E-state index is -0.452. The summed E-state index contributed by atoms with van der Waals surface area (Å²) in [5.74, 6) is 1.76. The van der Waals surface area contributed by atoms with Crippen molar-refractivity contribution in [2.75, 3.05) is 7.11 Å². The average molecular weight is 253 g/mol. The third kappa shape index (κ3) is 2.57. The van der Waals surface area contributed by atoms with Gasteiger partial charge in [0.2, 0.25) is 11.7 Å². The molecule has 0 saturated heterocycles. The fourth-order valence-corrected chi connectivity index (χ4v) is 2.38. The minimum Gasteiger partial charge on any atom is -0.370 e. The van der Waals surface area contributed by atoms with Gasteiger partial charge in [-0.1, -0.05) is 12.1 Å². The predicted molar refractivity (Wildman–Crippen MR) is 68.1 cm³/mol. The second kappa shape index (κ2) is 5.36. The molecule has 1 aliphatic rings. The van der Waals surface area contributed by atoms with E-state index in [0.717, 1.165) is 38.0 Å². The lowest BCUT2D eigenvalue weighted by molar-refractivity contribution is -0.0106. The summed E-state index contributed by atoms with van der Waals surface area (Å²) < 4.78 is 10.9. The van der Waals surface area contributed by atoms with Crippen molar-refractivity contribution in [1.29, 1.82) is 0 Å². The molecule has 1 saturated carbocycles. The van der Waals surface area contributed by atoms with Crippen LogP contribution in [0.5, 0.6) is 0 Å². The van der Waals surface area contributed by atoms with E-state index < -0.39 is 5.60 Å². The molecule has 5 nitrogen and oxygen atoms in total. The molecule has 0 amide bonds. The summed E-state index contributed by atoms with van der Waals surface area (Å²) in [5, 5.41) is 4.08. The highest BCUT2D eigenvalue weighted by molar-refractivity contribution is 5.03. The lowest BCUT2D eigenvalue weighted by Crippen LogP contribution is -2.26. The van der Waals surface area contributed by atoms with E-state index in [2.05, 4.69) is 17.1 Å². The summed E-state index contributed by atoms with van der Waals surface area (Å²) in [6.07, 6.45) is 4.98. The Hall–Kier alpha value is -0.940. The normalized spacial score (nSPS) is 28.0. The van der Waals surface area contributed by atoms with Crippen molar-refractivity contribution in [1.82, 2.24) is 10.1 Å². The van der Waals surface area contributed by atoms with Crippen LogP contribution in [0.4, 0.5) is 0 Å². The van der Waals surface area contributed by atoms with Gasteiger partial charge in [0.05, 0.1) is 0 Å². The molecule has 0 aromatic carbocycles. The van der Waals surface area contributed by atoms with Gasteiger partial charge < -0.3 is 15.0 Å². The molecule has 1 fully saturated rings. The van der Waals surface area contributed by atoms with Crippen LogP contribution in [0.1, 0.15) is 63.6 Å². The molecule has 0 aliphatic heterocycles. The van der Waals surface area contributed by atoms with Gasteiger partial charge in [-0.25, -0.2) is 0 Å². The van der Waals surface area contributed by atoms with E-state index in [1.54, 1.807) is 7.11 Å². The second-order valence-corrected chi connectivity index (χ2v) is 5.36. The summed E-state index contributed by atoms with van der Waals surface area (Å²) >= 11 is 0. The topological polar surface area (TPSA) is 74.2 Å². The van der Waals surface area contributed by atoms with Crippen LogP contribution >= 0.6 is 0 Å². The summed E-state index contributed by atoms with van der Waals surface area (Å²) in [6, 6.07) is 0.337. The van der Waals surface area contributed by atoms with Crippen LogP contribution in [0.2, 0.25) is 0 Å². The maximum Gasteiger partial charge on any atom is 0.229 e. The zero-order chi connectivity index (χ0) is 13.2. The first-order valence-corrected chi connectivity index (χ1v) is 6.74. The highest BCUT2D eigenvalue weighted by Gasteiger charge is 2.32. The Morgan fingerprint density at radius 1 is 1.39 bits per heavy atom. The van der Waals surface area contributed by atoms with Crippen molar-refractivity contribution < 1.29 is 9.26 Å². The van der Waals surface area contributed by atoms with Crippen LogP contribution in [0.15, 0.2) is 4.52 Å². The lowest BCUT2D eigenvalue weighted by Gasteiger charge is -2.23. The Kier molecular flexibility index (Phi) is 4.02. The van der Waals surface area contributed by atoms with Gasteiger partial charge in [-0.15, -0.1) is 0 Å². The van der Waals surface area contributed by atoms with E-state index in [1.807, 2.05) is 6.92 Å². The van der Waals surface area contributed by atoms with Gasteiger partial charge in [0.25, 0.3) is 0 Å². The van der Waals surface area contributed by atoms with Crippen LogP contribution in [0.3, 0.4) is 0 Å². The Morgan fingerprint density at radius 3 is 2.61 bits per heavy atom. The third-order valence-corrected chi connectivity index (χ3v) is 4.16. The molecule has 102 valence electrons. The number of aromatic nitrogens is 2. The van der Waals surface area contributed by atoms with E-state index in [-0.39, 0.29) is 0 Å². The Labute approximate surface area is 108 Å². The van der Waals surface area contributed by atoms with Gasteiger partial charge >= 0.3 is 0 Å². The Balaban J connectivity index is 2.10. The molecule has 2 rings (SSSR count).